The van der Waals surface area contributed by atoms with Gasteiger partial charge in [-0.25, -0.2) is 9.97 Å². The van der Waals surface area contributed by atoms with Gasteiger partial charge >= 0.3 is 0 Å². The molecule has 138 valence electrons. The Labute approximate surface area is 164 Å². The summed E-state index contributed by atoms with van der Waals surface area (Å²) in [6.07, 6.45) is 0. The van der Waals surface area contributed by atoms with E-state index < -0.39 is 0 Å². The quantitative estimate of drug-likeness (QED) is 0.504. The maximum Gasteiger partial charge on any atom is 0.258 e. The highest BCUT2D eigenvalue weighted by Gasteiger charge is 2.20. The van der Waals surface area contributed by atoms with Crippen LogP contribution in [0.15, 0.2) is 78.9 Å². The molecule has 0 radical (unpaired) electrons. The highest BCUT2D eigenvalue weighted by atomic mass is 16.2. The second-order valence-corrected chi connectivity index (χ2v) is 6.84. The average Bonchev–Trinajstić information content (AvgIpc) is 2.73. The number of amides is 1. The maximum atomic E-state index is 13.3. The molecule has 4 nitrogen and oxygen atoms in total. The Hall–Kier alpha value is -3.53. The van der Waals surface area contributed by atoms with Gasteiger partial charge in [-0.15, -0.1) is 0 Å². The Balaban J connectivity index is 1.76. The number of para-hydroxylation sites is 2. The number of aromatic nitrogens is 2. The number of benzene rings is 3. The number of hydrogen-bond donors (Lipinski definition) is 0. The molecule has 0 saturated heterocycles. The molecule has 0 unspecified atom stereocenters. The minimum Gasteiger partial charge on any atom is -0.302 e. The molecule has 4 aromatic rings. The second kappa shape index (κ2) is 7.61. The minimum absolute atomic E-state index is 0.0567. The van der Waals surface area contributed by atoms with Crippen LogP contribution >= 0.6 is 0 Å². The van der Waals surface area contributed by atoms with Gasteiger partial charge in [-0.2, -0.15) is 0 Å². The SMILES string of the molecule is Cc1ccc(N(Cc2nc3ccccc3nc2C)C(=O)c2ccccc2)cc1. The van der Waals surface area contributed by atoms with E-state index in [1.807, 2.05) is 92.7 Å². The molecule has 1 amide bonds. The zero-order chi connectivity index (χ0) is 19.5. The third kappa shape index (κ3) is 3.62. The van der Waals surface area contributed by atoms with Crippen LogP contribution in [0.25, 0.3) is 11.0 Å². The highest BCUT2D eigenvalue weighted by Crippen LogP contribution is 2.22. The van der Waals surface area contributed by atoms with Crippen LogP contribution in [0.2, 0.25) is 0 Å². The van der Waals surface area contributed by atoms with Crippen molar-refractivity contribution >= 4 is 22.6 Å². The molecule has 0 N–H and O–H groups in total. The summed E-state index contributed by atoms with van der Waals surface area (Å²) >= 11 is 0. The second-order valence-electron chi connectivity index (χ2n) is 6.84. The van der Waals surface area contributed by atoms with Crippen LogP contribution in [0.4, 0.5) is 5.69 Å². The third-order valence-corrected chi connectivity index (χ3v) is 4.76. The Morgan fingerprint density at radius 1 is 0.786 bits per heavy atom. The lowest BCUT2D eigenvalue weighted by Crippen LogP contribution is -2.31. The number of anilines is 1. The molecule has 4 rings (SSSR count). The lowest BCUT2D eigenvalue weighted by atomic mass is 10.1. The summed E-state index contributed by atoms with van der Waals surface area (Å²) in [5, 5.41) is 0. The summed E-state index contributed by atoms with van der Waals surface area (Å²) in [6.45, 7) is 4.33. The number of hydrogen-bond acceptors (Lipinski definition) is 3. The fourth-order valence-corrected chi connectivity index (χ4v) is 3.17. The molecule has 0 aliphatic heterocycles. The molecule has 4 heteroatoms. The van der Waals surface area contributed by atoms with Crippen molar-refractivity contribution in [2.24, 2.45) is 0 Å². The van der Waals surface area contributed by atoms with Crippen LogP contribution in [0, 0.1) is 13.8 Å². The van der Waals surface area contributed by atoms with E-state index in [0.29, 0.717) is 12.1 Å². The first-order chi connectivity index (χ1) is 13.6. The lowest BCUT2D eigenvalue weighted by Gasteiger charge is -2.23. The Morgan fingerprint density at radius 3 is 2.07 bits per heavy atom. The Kier molecular flexibility index (Phi) is 4.85. The van der Waals surface area contributed by atoms with Crippen LogP contribution < -0.4 is 4.90 Å². The van der Waals surface area contributed by atoms with Crippen LogP contribution in [-0.2, 0) is 6.54 Å². The summed E-state index contributed by atoms with van der Waals surface area (Å²) < 4.78 is 0. The van der Waals surface area contributed by atoms with E-state index in [9.17, 15) is 4.79 Å². The van der Waals surface area contributed by atoms with E-state index in [2.05, 4.69) is 4.98 Å². The first-order valence-corrected chi connectivity index (χ1v) is 9.27. The van der Waals surface area contributed by atoms with E-state index in [4.69, 9.17) is 4.98 Å². The molecule has 0 bridgehead atoms. The number of nitrogens with zero attached hydrogens (tertiary/aromatic N) is 3. The fraction of sp³-hybridized carbons (Fsp3) is 0.125. The molecule has 28 heavy (non-hydrogen) atoms. The van der Waals surface area contributed by atoms with E-state index in [1.54, 1.807) is 4.90 Å². The van der Waals surface area contributed by atoms with Crippen molar-refractivity contribution in [2.75, 3.05) is 4.90 Å². The minimum atomic E-state index is -0.0567. The predicted octanol–water partition coefficient (Wildman–Crippen LogP) is 5.09. The van der Waals surface area contributed by atoms with E-state index in [-0.39, 0.29) is 5.91 Å². The first-order valence-electron chi connectivity index (χ1n) is 9.27. The Morgan fingerprint density at radius 2 is 1.39 bits per heavy atom. The molecular formula is C24H21N3O. The Bertz CT molecular complexity index is 1120. The smallest absolute Gasteiger partial charge is 0.258 e. The van der Waals surface area contributed by atoms with Gasteiger partial charge in [-0.05, 0) is 50.2 Å². The predicted molar refractivity (Wildman–Crippen MR) is 112 cm³/mol. The van der Waals surface area contributed by atoms with Gasteiger partial charge in [0.1, 0.15) is 0 Å². The summed E-state index contributed by atoms with van der Waals surface area (Å²) in [5.41, 5.74) is 5.96. The molecule has 1 heterocycles. The van der Waals surface area contributed by atoms with Gasteiger partial charge in [0.2, 0.25) is 0 Å². The van der Waals surface area contributed by atoms with Gasteiger partial charge in [0, 0.05) is 11.3 Å². The maximum absolute atomic E-state index is 13.3. The van der Waals surface area contributed by atoms with E-state index in [0.717, 1.165) is 33.7 Å². The van der Waals surface area contributed by atoms with Crippen molar-refractivity contribution in [3.63, 3.8) is 0 Å². The van der Waals surface area contributed by atoms with Crippen LogP contribution in [-0.4, -0.2) is 15.9 Å². The monoisotopic (exact) mass is 367 g/mol. The molecule has 1 aromatic heterocycles. The molecule has 0 spiro atoms. The van der Waals surface area contributed by atoms with Crippen molar-refractivity contribution in [3.8, 4) is 0 Å². The van der Waals surface area contributed by atoms with Crippen molar-refractivity contribution in [2.45, 2.75) is 20.4 Å². The summed E-state index contributed by atoms with van der Waals surface area (Å²) in [4.78, 5) is 24.5. The molecule has 3 aromatic carbocycles. The largest absolute Gasteiger partial charge is 0.302 e. The third-order valence-electron chi connectivity index (χ3n) is 4.76. The standard InChI is InChI=1S/C24H21N3O/c1-17-12-14-20(15-13-17)27(24(28)19-8-4-3-5-9-19)16-23-18(2)25-21-10-6-7-11-22(21)26-23/h3-15H,16H2,1-2H3. The zero-order valence-corrected chi connectivity index (χ0v) is 16.0. The fourth-order valence-electron chi connectivity index (χ4n) is 3.17. The number of rotatable bonds is 4. The number of aryl methyl sites for hydroxylation is 2. The van der Waals surface area contributed by atoms with Crippen molar-refractivity contribution < 1.29 is 4.79 Å². The molecule has 0 atom stereocenters. The van der Waals surface area contributed by atoms with Gasteiger partial charge in [0.05, 0.1) is 29.0 Å². The summed E-state index contributed by atoms with van der Waals surface area (Å²) in [6, 6.07) is 25.1. The van der Waals surface area contributed by atoms with E-state index in [1.165, 1.54) is 0 Å². The average molecular weight is 367 g/mol. The molecular weight excluding hydrogens is 346 g/mol. The van der Waals surface area contributed by atoms with Crippen LogP contribution in [0.5, 0.6) is 0 Å². The molecule has 0 aliphatic rings. The van der Waals surface area contributed by atoms with Crippen molar-refractivity contribution in [1.82, 2.24) is 9.97 Å². The van der Waals surface area contributed by atoms with E-state index >= 15 is 0 Å². The molecule has 0 saturated carbocycles. The number of carbonyl (C=O) groups excluding carboxylic acids is 1. The summed E-state index contributed by atoms with van der Waals surface area (Å²) in [7, 11) is 0. The van der Waals surface area contributed by atoms with Crippen LogP contribution in [0.1, 0.15) is 27.3 Å². The zero-order valence-electron chi connectivity index (χ0n) is 16.0. The van der Waals surface area contributed by atoms with Gasteiger partial charge < -0.3 is 4.90 Å². The lowest BCUT2D eigenvalue weighted by molar-refractivity contribution is 0.0985. The highest BCUT2D eigenvalue weighted by molar-refractivity contribution is 6.06. The van der Waals surface area contributed by atoms with Gasteiger partial charge in [-0.3, -0.25) is 4.79 Å². The van der Waals surface area contributed by atoms with Crippen molar-refractivity contribution in [1.29, 1.82) is 0 Å². The van der Waals surface area contributed by atoms with Crippen molar-refractivity contribution in [3.05, 3.63) is 101 Å². The first kappa shape index (κ1) is 17.9. The topological polar surface area (TPSA) is 46.1 Å². The number of carbonyl (C=O) groups is 1. The molecule has 0 aliphatic carbocycles. The van der Waals surface area contributed by atoms with Gasteiger partial charge in [0.15, 0.2) is 0 Å². The molecule has 0 fully saturated rings. The van der Waals surface area contributed by atoms with Gasteiger partial charge in [0.25, 0.3) is 5.91 Å². The summed E-state index contributed by atoms with van der Waals surface area (Å²) in [5.74, 6) is -0.0567. The van der Waals surface area contributed by atoms with Gasteiger partial charge in [-0.1, -0.05) is 48.0 Å². The normalized spacial score (nSPS) is 10.8. The number of fused-ring (bicyclic) bond motifs is 1. The van der Waals surface area contributed by atoms with Crippen LogP contribution in [0.3, 0.4) is 0 Å².